The molecule has 0 heterocycles. The summed E-state index contributed by atoms with van der Waals surface area (Å²) in [5, 5.41) is 0. The van der Waals surface area contributed by atoms with Crippen LogP contribution < -0.4 is 5.73 Å². The smallest absolute Gasteiger partial charge is 0.179 e. The van der Waals surface area contributed by atoms with E-state index >= 15 is 0 Å². The van der Waals surface area contributed by atoms with Crippen LogP contribution in [0.15, 0.2) is 29.2 Å². The normalized spacial score (nSPS) is 13.8. The molecule has 0 aliphatic rings. The van der Waals surface area contributed by atoms with Crippen LogP contribution in [0.2, 0.25) is 0 Å². The molecule has 1 atom stereocenters. The number of rotatable bonds is 4. The lowest BCUT2D eigenvalue weighted by Gasteiger charge is -2.09. The third kappa shape index (κ3) is 3.28. The van der Waals surface area contributed by atoms with E-state index in [-0.39, 0.29) is 16.7 Å². The standard InChI is InChI=1S/C10H14FNO2S/c1-2-9(12)7-15(13,14)10-5-3-8(11)4-6-10/h3-6,9H,2,7,12H2,1H3. The molecule has 0 aliphatic heterocycles. The molecule has 0 spiro atoms. The monoisotopic (exact) mass is 231 g/mol. The molecular weight excluding hydrogens is 217 g/mol. The molecule has 84 valence electrons. The van der Waals surface area contributed by atoms with E-state index in [1.165, 1.54) is 12.1 Å². The Hall–Kier alpha value is -0.940. The number of nitrogens with two attached hydrogens (primary N) is 1. The fraction of sp³-hybridized carbons (Fsp3) is 0.400. The zero-order valence-electron chi connectivity index (χ0n) is 8.48. The summed E-state index contributed by atoms with van der Waals surface area (Å²) >= 11 is 0. The lowest BCUT2D eigenvalue weighted by Crippen LogP contribution is -2.28. The van der Waals surface area contributed by atoms with Crippen LogP contribution in [0.1, 0.15) is 13.3 Å². The average molecular weight is 231 g/mol. The van der Waals surface area contributed by atoms with Crippen LogP contribution in [0, 0.1) is 5.82 Å². The number of sulfone groups is 1. The molecule has 0 bridgehead atoms. The molecule has 15 heavy (non-hydrogen) atoms. The minimum absolute atomic E-state index is 0.102. The molecule has 0 aromatic heterocycles. The zero-order chi connectivity index (χ0) is 11.5. The largest absolute Gasteiger partial charge is 0.327 e. The molecule has 0 radical (unpaired) electrons. The van der Waals surface area contributed by atoms with Crippen molar-refractivity contribution in [2.75, 3.05) is 5.75 Å². The third-order valence-corrected chi connectivity index (χ3v) is 3.99. The molecule has 0 amide bonds. The highest BCUT2D eigenvalue weighted by atomic mass is 32.2. The van der Waals surface area contributed by atoms with Gasteiger partial charge >= 0.3 is 0 Å². The van der Waals surface area contributed by atoms with Crippen molar-refractivity contribution < 1.29 is 12.8 Å². The Labute approximate surface area is 89.0 Å². The summed E-state index contributed by atoms with van der Waals surface area (Å²) in [6.07, 6.45) is 0.598. The van der Waals surface area contributed by atoms with E-state index in [0.29, 0.717) is 6.42 Å². The summed E-state index contributed by atoms with van der Waals surface area (Å²) in [5.41, 5.74) is 5.57. The van der Waals surface area contributed by atoms with E-state index in [2.05, 4.69) is 0 Å². The SMILES string of the molecule is CCC(N)CS(=O)(=O)c1ccc(F)cc1. The lowest BCUT2D eigenvalue weighted by molar-refractivity contribution is 0.583. The summed E-state index contributed by atoms with van der Waals surface area (Å²) in [5.74, 6) is -0.552. The van der Waals surface area contributed by atoms with Gasteiger partial charge in [0.05, 0.1) is 10.6 Å². The summed E-state index contributed by atoms with van der Waals surface area (Å²) in [7, 11) is -3.38. The van der Waals surface area contributed by atoms with Gasteiger partial charge in [-0.3, -0.25) is 0 Å². The van der Waals surface area contributed by atoms with Crippen molar-refractivity contribution in [3.63, 3.8) is 0 Å². The van der Waals surface area contributed by atoms with Crippen molar-refractivity contribution in [2.24, 2.45) is 5.73 Å². The van der Waals surface area contributed by atoms with Crippen LogP contribution in [0.5, 0.6) is 0 Å². The molecule has 3 nitrogen and oxygen atoms in total. The predicted octanol–water partition coefficient (Wildman–Crippen LogP) is 1.34. The van der Waals surface area contributed by atoms with Gasteiger partial charge in [-0.25, -0.2) is 12.8 Å². The first kappa shape index (κ1) is 12.1. The van der Waals surface area contributed by atoms with Gasteiger partial charge in [0.25, 0.3) is 0 Å². The molecule has 0 fully saturated rings. The molecular formula is C10H14FNO2S. The van der Waals surface area contributed by atoms with Crippen molar-refractivity contribution >= 4 is 9.84 Å². The Bertz CT molecular complexity index is 414. The van der Waals surface area contributed by atoms with Crippen molar-refractivity contribution in [3.8, 4) is 0 Å². The lowest BCUT2D eigenvalue weighted by atomic mass is 10.3. The molecule has 5 heteroatoms. The highest BCUT2D eigenvalue weighted by molar-refractivity contribution is 7.91. The van der Waals surface area contributed by atoms with E-state index in [9.17, 15) is 12.8 Å². The first-order chi connectivity index (χ1) is 6.95. The summed E-state index contributed by atoms with van der Waals surface area (Å²) < 4.78 is 36.0. The summed E-state index contributed by atoms with van der Waals surface area (Å²) in [6, 6.07) is 4.40. The zero-order valence-corrected chi connectivity index (χ0v) is 9.30. The van der Waals surface area contributed by atoms with Gasteiger partial charge in [-0.1, -0.05) is 6.92 Å². The molecule has 2 N–H and O–H groups in total. The van der Waals surface area contributed by atoms with E-state index in [4.69, 9.17) is 5.73 Å². The Morgan fingerprint density at radius 2 is 1.87 bits per heavy atom. The van der Waals surface area contributed by atoms with Crippen LogP contribution in [0.25, 0.3) is 0 Å². The van der Waals surface area contributed by atoms with Gasteiger partial charge in [0, 0.05) is 6.04 Å². The maximum Gasteiger partial charge on any atom is 0.179 e. The van der Waals surface area contributed by atoms with Crippen molar-refractivity contribution in [1.82, 2.24) is 0 Å². The quantitative estimate of drug-likeness (QED) is 0.795. The van der Waals surface area contributed by atoms with Gasteiger partial charge < -0.3 is 5.73 Å². The Morgan fingerprint density at radius 3 is 2.33 bits per heavy atom. The van der Waals surface area contributed by atoms with E-state index in [1.54, 1.807) is 0 Å². The molecule has 0 saturated heterocycles. The number of benzene rings is 1. The van der Waals surface area contributed by atoms with E-state index < -0.39 is 15.7 Å². The molecule has 0 aliphatic carbocycles. The molecule has 0 saturated carbocycles. The predicted molar refractivity (Wildman–Crippen MR) is 56.7 cm³/mol. The Morgan fingerprint density at radius 1 is 1.33 bits per heavy atom. The number of halogens is 1. The summed E-state index contributed by atoms with van der Waals surface area (Å²) in [6.45, 7) is 1.82. The minimum Gasteiger partial charge on any atom is -0.327 e. The minimum atomic E-state index is -3.38. The van der Waals surface area contributed by atoms with Crippen molar-refractivity contribution in [2.45, 2.75) is 24.3 Å². The van der Waals surface area contributed by atoms with Crippen LogP contribution in [-0.2, 0) is 9.84 Å². The molecule has 1 aromatic rings. The highest BCUT2D eigenvalue weighted by Crippen LogP contribution is 2.12. The highest BCUT2D eigenvalue weighted by Gasteiger charge is 2.17. The van der Waals surface area contributed by atoms with Gasteiger partial charge in [-0.2, -0.15) is 0 Å². The van der Waals surface area contributed by atoms with Crippen LogP contribution in [0.4, 0.5) is 4.39 Å². The van der Waals surface area contributed by atoms with Gasteiger partial charge in [0.15, 0.2) is 9.84 Å². The first-order valence-electron chi connectivity index (χ1n) is 4.69. The third-order valence-electron chi connectivity index (χ3n) is 2.13. The van der Waals surface area contributed by atoms with Crippen LogP contribution in [0.3, 0.4) is 0 Å². The number of hydrogen-bond donors (Lipinski definition) is 1. The maximum absolute atomic E-state index is 12.6. The second-order valence-electron chi connectivity index (χ2n) is 3.40. The van der Waals surface area contributed by atoms with Gasteiger partial charge in [-0.05, 0) is 30.7 Å². The van der Waals surface area contributed by atoms with Crippen molar-refractivity contribution in [1.29, 1.82) is 0 Å². The number of hydrogen-bond acceptors (Lipinski definition) is 3. The van der Waals surface area contributed by atoms with Gasteiger partial charge in [0.2, 0.25) is 0 Å². The molecule has 1 rings (SSSR count). The maximum atomic E-state index is 12.6. The fourth-order valence-corrected chi connectivity index (χ4v) is 2.68. The van der Waals surface area contributed by atoms with Crippen LogP contribution >= 0.6 is 0 Å². The van der Waals surface area contributed by atoms with Gasteiger partial charge in [-0.15, -0.1) is 0 Å². The second kappa shape index (κ2) is 4.72. The van der Waals surface area contributed by atoms with Gasteiger partial charge in [0.1, 0.15) is 5.82 Å². The summed E-state index contributed by atoms with van der Waals surface area (Å²) in [4.78, 5) is 0.118. The molecule has 1 aromatic carbocycles. The van der Waals surface area contributed by atoms with E-state index in [1.807, 2.05) is 6.92 Å². The Kier molecular flexibility index (Phi) is 3.82. The Balaban J connectivity index is 2.91. The van der Waals surface area contributed by atoms with Crippen LogP contribution in [-0.4, -0.2) is 20.2 Å². The fourth-order valence-electron chi connectivity index (χ4n) is 1.14. The topological polar surface area (TPSA) is 60.2 Å². The average Bonchev–Trinajstić information content (AvgIpc) is 2.17. The second-order valence-corrected chi connectivity index (χ2v) is 5.44. The first-order valence-corrected chi connectivity index (χ1v) is 6.35. The molecule has 1 unspecified atom stereocenters. The van der Waals surface area contributed by atoms with Crippen molar-refractivity contribution in [3.05, 3.63) is 30.1 Å². The van der Waals surface area contributed by atoms with E-state index in [0.717, 1.165) is 12.1 Å².